The molecule has 1 aromatic heterocycles. The molecular formula is C10H17BrN2S. The number of hydrogen-bond acceptors (Lipinski definition) is 3. The third-order valence-electron chi connectivity index (χ3n) is 2.01. The van der Waals surface area contributed by atoms with E-state index in [-0.39, 0.29) is 5.54 Å². The minimum absolute atomic E-state index is 0.135. The molecule has 0 bridgehead atoms. The van der Waals surface area contributed by atoms with Crippen LogP contribution in [0.1, 0.15) is 31.2 Å². The molecule has 0 amide bonds. The highest BCUT2D eigenvalue weighted by molar-refractivity contribution is 9.10. The van der Waals surface area contributed by atoms with Crippen molar-refractivity contribution < 1.29 is 0 Å². The zero-order valence-corrected chi connectivity index (χ0v) is 11.2. The summed E-state index contributed by atoms with van der Waals surface area (Å²) in [6, 6.07) is 2.50. The molecule has 1 heterocycles. The van der Waals surface area contributed by atoms with Gasteiger partial charge < -0.3 is 11.1 Å². The third-order valence-corrected chi connectivity index (χ3v) is 3.82. The van der Waals surface area contributed by atoms with Crippen LogP contribution in [0.4, 0.5) is 0 Å². The lowest BCUT2D eigenvalue weighted by atomic mass is 9.96. The van der Waals surface area contributed by atoms with E-state index in [0.717, 1.165) is 10.9 Å². The maximum absolute atomic E-state index is 6.01. The molecular weight excluding hydrogens is 260 g/mol. The van der Waals surface area contributed by atoms with Crippen LogP contribution >= 0.6 is 27.3 Å². The second-order valence-corrected chi connectivity index (χ2v) is 6.06. The van der Waals surface area contributed by atoms with Crippen molar-refractivity contribution in [2.75, 3.05) is 7.05 Å². The topological polar surface area (TPSA) is 38.0 Å². The molecule has 0 aliphatic rings. The molecule has 0 spiro atoms. The Kier molecular flexibility index (Phi) is 4.13. The van der Waals surface area contributed by atoms with Gasteiger partial charge in [-0.2, -0.15) is 0 Å². The molecule has 0 aliphatic carbocycles. The fraction of sp³-hybridized carbons (Fsp3) is 0.600. The summed E-state index contributed by atoms with van der Waals surface area (Å²) in [5.41, 5.74) is 5.87. The highest BCUT2D eigenvalue weighted by Crippen LogP contribution is 2.29. The number of halogens is 1. The van der Waals surface area contributed by atoms with Crippen LogP contribution in [0.3, 0.4) is 0 Å². The van der Waals surface area contributed by atoms with Gasteiger partial charge in [-0.05, 0) is 49.3 Å². The molecule has 0 radical (unpaired) electrons. The lowest BCUT2D eigenvalue weighted by molar-refractivity contribution is 0.399. The Hall–Kier alpha value is 0.1000. The zero-order valence-electron chi connectivity index (χ0n) is 8.80. The fourth-order valence-electron chi connectivity index (χ4n) is 1.38. The van der Waals surface area contributed by atoms with Crippen molar-refractivity contribution in [2.45, 2.75) is 31.8 Å². The molecule has 0 aliphatic heterocycles. The quantitative estimate of drug-likeness (QED) is 0.888. The molecule has 0 saturated carbocycles. The van der Waals surface area contributed by atoms with Gasteiger partial charge in [-0.3, -0.25) is 0 Å². The Bertz CT molecular complexity index is 291. The maximum Gasteiger partial charge on any atom is 0.0430 e. The van der Waals surface area contributed by atoms with Crippen molar-refractivity contribution in [3.63, 3.8) is 0 Å². The van der Waals surface area contributed by atoms with E-state index in [2.05, 4.69) is 46.5 Å². The summed E-state index contributed by atoms with van der Waals surface area (Å²) in [4.78, 5) is 1.33. The second kappa shape index (κ2) is 4.75. The van der Waals surface area contributed by atoms with Crippen molar-refractivity contribution >= 4 is 27.3 Å². The maximum atomic E-state index is 6.01. The highest BCUT2D eigenvalue weighted by Gasteiger charge is 2.20. The number of nitrogens with one attached hydrogen (secondary N) is 1. The van der Waals surface area contributed by atoms with Crippen LogP contribution in [0.2, 0.25) is 0 Å². The minimum atomic E-state index is -0.135. The first-order valence-corrected chi connectivity index (χ1v) is 6.30. The van der Waals surface area contributed by atoms with Gasteiger partial charge in [0.05, 0.1) is 0 Å². The predicted octanol–water partition coefficient (Wildman–Crippen LogP) is 2.90. The van der Waals surface area contributed by atoms with Crippen LogP contribution in [0.25, 0.3) is 0 Å². The first-order valence-electron chi connectivity index (χ1n) is 4.62. The molecule has 0 fully saturated rings. The van der Waals surface area contributed by atoms with Gasteiger partial charge in [-0.25, -0.2) is 0 Å². The standard InChI is InChI=1S/C10H17BrN2S/c1-10(2,12)5-8(13-3)9-4-7(11)6-14-9/h4,6,8,13H,5,12H2,1-3H3. The van der Waals surface area contributed by atoms with Crippen molar-refractivity contribution in [1.82, 2.24) is 5.32 Å². The normalized spacial score (nSPS) is 14.4. The van der Waals surface area contributed by atoms with E-state index in [1.165, 1.54) is 4.88 Å². The second-order valence-electron chi connectivity index (χ2n) is 4.20. The summed E-state index contributed by atoms with van der Waals surface area (Å²) in [5.74, 6) is 0. The zero-order chi connectivity index (χ0) is 10.8. The van der Waals surface area contributed by atoms with E-state index in [0.29, 0.717) is 6.04 Å². The first-order chi connectivity index (χ1) is 6.42. The van der Waals surface area contributed by atoms with Crippen LogP contribution in [-0.2, 0) is 0 Å². The van der Waals surface area contributed by atoms with Crippen molar-refractivity contribution in [3.8, 4) is 0 Å². The summed E-state index contributed by atoms with van der Waals surface area (Å²) < 4.78 is 1.15. The Balaban J connectivity index is 2.72. The van der Waals surface area contributed by atoms with Gasteiger partial charge in [0.15, 0.2) is 0 Å². The molecule has 80 valence electrons. The third kappa shape index (κ3) is 3.69. The Labute approximate surface area is 98.0 Å². The molecule has 14 heavy (non-hydrogen) atoms. The van der Waals surface area contributed by atoms with Gasteiger partial charge in [0.1, 0.15) is 0 Å². The molecule has 1 aromatic rings. The van der Waals surface area contributed by atoms with E-state index in [9.17, 15) is 0 Å². The van der Waals surface area contributed by atoms with E-state index in [4.69, 9.17) is 5.73 Å². The van der Waals surface area contributed by atoms with Gasteiger partial charge in [0.2, 0.25) is 0 Å². The fourth-order valence-corrected chi connectivity index (χ4v) is 2.94. The summed E-state index contributed by atoms with van der Waals surface area (Å²) in [6.07, 6.45) is 0.941. The molecule has 0 saturated heterocycles. The minimum Gasteiger partial charge on any atom is -0.325 e. The van der Waals surface area contributed by atoms with Gasteiger partial charge in [-0.15, -0.1) is 11.3 Å². The number of nitrogens with two attached hydrogens (primary N) is 1. The van der Waals surface area contributed by atoms with Crippen molar-refractivity contribution in [3.05, 3.63) is 20.8 Å². The summed E-state index contributed by atoms with van der Waals surface area (Å²) in [6.45, 7) is 4.11. The summed E-state index contributed by atoms with van der Waals surface area (Å²) in [5, 5.41) is 5.40. The molecule has 3 N–H and O–H groups in total. The largest absolute Gasteiger partial charge is 0.325 e. The molecule has 1 unspecified atom stereocenters. The van der Waals surface area contributed by atoms with Gasteiger partial charge in [0, 0.05) is 26.3 Å². The van der Waals surface area contributed by atoms with Crippen LogP contribution in [0.5, 0.6) is 0 Å². The first kappa shape index (κ1) is 12.2. The SMILES string of the molecule is CNC(CC(C)(C)N)c1cc(Br)cs1. The number of thiophene rings is 1. The van der Waals surface area contributed by atoms with Gasteiger partial charge in [-0.1, -0.05) is 0 Å². The van der Waals surface area contributed by atoms with Gasteiger partial charge >= 0.3 is 0 Å². The smallest absolute Gasteiger partial charge is 0.0430 e. The monoisotopic (exact) mass is 276 g/mol. The van der Waals surface area contributed by atoms with E-state index in [1.807, 2.05) is 7.05 Å². The lowest BCUT2D eigenvalue weighted by Crippen LogP contribution is -2.36. The van der Waals surface area contributed by atoms with Crippen LogP contribution in [-0.4, -0.2) is 12.6 Å². The average Bonchev–Trinajstić information content (AvgIpc) is 2.46. The molecule has 4 heteroatoms. The Morgan fingerprint density at radius 2 is 2.29 bits per heavy atom. The molecule has 0 aromatic carbocycles. The average molecular weight is 277 g/mol. The van der Waals surface area contributed by atoms with Crippen LogP contribution in [0, 0.1) is 0 Å². The van der Waals surface area contributed by atoms with Crippen molar-refractivity contribution in [2.24, 2.45) is 5.73 Å². The Morgan fingerprint density at radius 1 is 1.64 bits per heavy atom. The van der Waals surface area contributed by atoms with E-state index < -0.39 is 0 Å². The van der Waals surface area contributed by atoms with E-state index in [1.54, 1.807) is 11.3 Å². The predicted molar refractivity (Wildman–Crippen MR) is 66.7 cm³/mol. The summed E-state index contributed by atoms with van der Waals surface area (Å²) >= 11 is 5.22. The molecule has 1 atom stereocenters. The van der Waals surface area contributed by atoms with Crippen LogP contribution < -0.4 is 11.1 Å². The highest BCUT2D eigenvalue weighted by atomic mass is 79.9. The van der Waals surface area contributed by atoms with Gasteiger partial charge in [0.25, 0.3) is 0 Å². The van der Waals surface area contributed by atoms with E-state index >= 15 is 0 Å². The lowest BCUT2D eigenvalue weighted by Gasteiger charge is -2.24. The summed E-state index contributed by atoms with van der Waals surface area (Å²) in [7, 11) is 1.98. The number of hydrogen-bond donors (Lipinski definition) is 2. The molecule has 2 nitrogen and oxygen atoms in total. The Morgan fingerprint density at radius 3 is 2.64 bits per heavy atom. The number of rotatable bonds is 4. The molecule has 1 rings (SSSR count). The van der Waals surface area contributed by atoms with Crippen molar-refractivity contribution in [1.29, 1.82) is 0 Å². The van der Waals surface area contributed by atoms with Crippen LogP contribution in [0.15, 0.2) is 15.9 Å².